The van der Waals surface area contributed by atoms with E-state index in [1.54, 1.807) is 6.19 Å². The highest BCUT2D eigenvalue weighted by atomic mass is 16.4. The molecule has 0 aliphatic rings. The van der Waals surface area contributed by atoms with E-state index < -0.39 is 12.0 Å². The van der Waals surface area contributed by atoms with Crippen molar-refractivity contribution in [3.63, 3.8) is 0 Å². The molecule has 1 atom stereocenters. The van der Waals surface area contributed by atoms with Gasteiger partial charge in [-0.05, 0) is 5.56 Å². The summed E-state index contributed by atoms with van der Waals surface area (Å²) in [6.45, 7) is 0. The van der Waals surface area contributed by atoms with Crippen LogP contribution in [0.4, 0.5) is 0 Å². The van der Waals surface area contributed by atoms with Gasteiger partial charge in [0.15, 0.2) is 6.19 Å². The maximum absolute atomic E-state index is 10.7. The Bertz CT molecular complexity index is 343. The lowest BCUT2D eigenvalue weighted by Crippen LogP contribution is -2.35. The monoisotopic (exact) mass is 190 g/mol. The Balaban J connectivity index is 2.66. The molecule has 0 spiro atoms. The number of hydrogen-bond acceptors (Lipinski definition) is 3. The number of carboxylic acid groups (broad SMARTS) is 1. The second kappa shape index (κ2) is 4.87. The number of hydrogen-bond donors (Lipinski definition) is 2. The Labute approximate surface area is 81.8 Å². The molecular formula is C10H10N2O2. The third-order valence-corrected chi connectivity index (χ3v) is 1.82. The van der Waals surface area contributed by atoms with Gasteiger partial charge < -0.3 is 10.4 Å². The molecule has 1 aromatic rings. The largest absolute Gasteiger partial charge is 0.480 e. The number of aliphatic carboxylic acids is 1. The zero-order valence-electron chi connectivity index (χ0n) is 7.47. The summed E-state index contributed by atoms with van der Waals surface area (Å²) < 4.78 is 0. The summed E-state index contributed by atoms with van der Waals surface area (Å²) in [4.78, 5) is 10.7. The average molecular weight is 190 g/mol. The minimum absolute atomic E-state index is 0.309. The van der Waals surface area contributed by atoms with E-state index in [4.69, 9.17) is 10.4 Å². The number of carboxylic acids is 1. The second-order valence-corrected chi connectivity index (χ2v) is 2.84. The predicted octanol–water partition coefficient (Wildman–Crippen LogP) is 0.753. The highest BCUT2D eigenvalue weighted by Crippen LogP contribution is 2.02. The van der Waals surface area contributed by atoms with Crippen molar-refractivity contribution in [1.29, 1.82) is 5.26 Å². The number of rotatable bonds is 4. The Hall–Kier alpha value is -2.02. The SMILES string of the molecule is N#CNC(Cc1ccccc1)C(=O)O. The molecule has 0 heterocycles. The van der Waals surface area contributed by atoms with Crippen LogP contribution in [0.1, 0.15) is 5.56 Å². The van der Waals surface area contributed by atoms with Crippen molar-refractivity contribution >= 4 is 5.97 Å². The molecule has 0 bridgehead atoms. The predicted molar refractivity (Wildman–Crippen MR) is 50.3 cm³/mol. The molecule has 14 heavy (non-hydrogen) atoms. The number of nitriles is 1. The van der Waals surface area contributed by atoms with Crippen LogP contribution in [0, 0.1) is 11.5 Å². The highest BCUT2D eigenvalue weighted by Gasteiger charge is 2.16. The van der Waals surface area contributed by atoms with Crippen LogP contribution in [0.25, 0.3) is 0 Å². The van der Waals surface area contributed by atoms with Crippen molar-refractivity contribution in [3.05, 3.63) is 35.9 Å². The summed E-state index contributed by atoms with van der Waals surface area (Å²) in [6.07, 6.45) is 1.95. The first-order valence-electron chi connectivity index (χ1n) is 4.15. The van der Waals surface area contributed by atoms with E-state index in [0.29, 0.717) is 6.42 Å². The summed E-state index contributed by atoms with van der Waals surface area (Å²) in [7, 11) is 0. The van der Waals surface area contributed by atoms with Gasteiger partial charge in [-0.2, -0.15) is 5.26 Å². The van der Waals surface area contributed by atoms with Gasteiger partial charge >= 0.3 is 5.97 Å². The molecular weight excluding hydrogens is 180 g/mol. The van der Waals surface area contributed by atoms with E-state index in [0.717, 1.165) is 5.56 Å². The minimum atomic E-state index is -1.02. The third kappa shape index (κ3) is 2.79. The van der Waals surface area contributed by atoms with Gasteiger partial charge in [0.2, 0.25) is 0 Å². The zero-order chi connectivity index (χ0) is 10.4. The molecule has 1 rings (SSSR count). The van der Waals surface area contributed by atoms with Crippen LogP contribution >= 0.6 is 0 Å². The maximum atomic E-state index is 10.7. The Morgan fingerprint density at radius 2 is 2.14 bits per heavy atom. The van der Waals surface area contributed by atoms with Crippen molar-refractivity contribution in [1.82, 2.24) is 5.32 Å². The van der Waals surface area contributed by atoms with Gasteiger partial charge in [-0.25, -0.2) is 4.79 Å². The Morgan fingerprint density at radius 3 is 2.64 bits per heavy atom. The van der Waals surface area contributed by atoms with E-state index in [2.05, 4.69) is 5.32 Å². The number of nitrogens with one attached hydrogen (secondary N) is 1. The third-order valence-electron chi connectivity index (χ3n) is 1.82. The summed E-state index contributed by atoms with van der Waals surface area (Å²) in [5, 5.41) is 19.3. The first-order chi connectivity index (χ1) is 6.74. The Kier molecular flexibility index (Phi) is 3.50. The van der Waals surface area contributed by atoms with Gasteiger partial charge in [0, 0.05) is 6.42 Å². The topological polar surface area (TPSA) is 73.1 Å². The molecule has 4 nitrogen and oxygen atoms in total. The molecule has 0 amide bonds. The summed E-state index contributed by atoms with van der Waals surface area (Å²) in [6, 6.07) is 8.34. The fourth-order valence-corrected chi connectivity index (χ4v) is 1.13. The lowest BCUT2D eigenvalue weighted by molar-refractivity contribution is -0.139. The van der Waals surface area contributed by atoms with Crippen molar-refractivity contribution < 1.29 is 9.90 Å². The van der Waals surface area contributed by atoms with Crippen molar-refractivity contribution in [2.24, 2.45) is 0 Å². The van der Waals surface area contributed by atoms with Crippen LogP contribution in [-0.2, 0) is 11.2 Å². The van der Waals surface area contributed by atoms with E-state index in [-0.39, 0.29) is 0 Å². The molecule has 1 aromatic carbocycles. The van der Waals surface area contributed by atoms with E-state index in [9.17, 15) is 4.79 Å². The fourth-order valence-electron chi connectivity index (χ4n) is 1.13. The normalized spacial score (nSPS) is 11.4. The molecule has 0 aliphatic carbocycles. The molecule has 0 aromatic heterocycles. The molecule has 0 saturated heterocycles. The van der Waals surface area contributed by atoms with E-state index in [1.165, 1.54) is 0 Å². The molecule has 0 radical (unpaired) electrons. The first kappa shape index (κ1) is 10.1. The second-order valence-electron chi connectivity index (χ2n) is 2.84. The van der Waals surface area contributed by atoms with Gasteiger partial charge in [0.25, 0.3) is 0 Å². The van der Waals surface area contributed by atoms with Crippen LogP contribution in [0.15, 0.2) is 30.3 Å². The Morgan fingerprint density at radius 1 is 1.50 bits per heavy atom. The minimum Gasteiger partial charge on any atom is -0.480 e. The standard InChI is InChI=1S/C10H10N2O2/c11-7-12-9(10(13)14)6-8-4-2-1-3-5-8/h1-5,9,12H,6H2,(H,13,14). The molecule has 0 saturated carbocycles. The number of benzene rings is 1. The molecule has 72 valence electrons. The van der Waals surface area contributed by atoms with Crippen LogP contribution in [0.2, 0.25) is 0 Å². The van der Waals surface area contributed by atoms with E-state index in [1.807, 2.05) is 30.3 Å². The van der Waals surface area contributed by atoms with Crippen LogP contribution < -0.4 is 5.32 Å². The molecule has 2 N–H and O–H groups in total. The molecule has 0 fully saturated rings. The summed E-state index contributed by atoms with van der Waals surface area (Å²) >= 11 is 0. The smallest absolute Gasteiger partial charge is 0.327 e. The van der Waals surface area contributed by atoms with Crippen LogP contribution in [0.3, 0.4) is 0 Å². The van der Waals surface area contributed by atoms with Gasteiger partial charge in [0.05, 0.1) is 0 Å². The van der Waals surface area contributed by atoms with Crippen molar-refractivity contribution in [3.8, 4) is 6.19 Å². The van der Waals surface area contributed by atoms with Gasteiger partial charge in [-0.1, -0.05) is 30.3 Å². The van der Waals surface area contributed by atoms with Gasteiger partial charge in [0.1, 0.15) is 6.04 Å². The zero-order valence-corrected chi connectivity index (χ0v) is 7.47. The number of carbonyl (C=O) groups is 1. The summed E-state index contributed by atoms with van der Waals surface area (Å²) in [5.74, 6) is -1.02. The highest BCUT2D eigenvalue weighted by molar-refractivity contribution is 5.74. The fraction of sp³-hybridized carbons (Fsp3) is 0.200. The van der Waals surface area contributed by atoms with Gasteiger partial charge in [-0.15, -0.1) is 0 Å². The van der Waals surface area contributed by atoms with Crippen molar-refractivity contribution in [2.75, 3.05) is 0 Å². The molecule has 1 unspecified atom stereocenters. The summed E-state index contributed by atoms with van der Waals surface area (Å²) in [5.41, 5.74) is 0.891. The quantitative estimate of drug-likeness (QED) is 0.543. The number of nitrogens with zero attached hydrogens (tertiary/aromatic N) is 1. The molecule has 0 aliphatic heterocycles. The lowest BCUT2D eigenvalue weighted by atomic mass is 10.1. The van der Waals surface area contributed by atoms with E-state index >= 15 is 0 Å². The first-order valence-corrected chi connectivity index (χ1v) is 4.15. The molecule has 4 heteroatoms. The van der Waals surface area contributed by atoms with Crippen molar-refractivity contribution in [2.45, 2.75) is 12.5 Å². The average Bonchev–Trinajstić information content (AvgIpc) is 2.18. The van der Waals surface area contributed by atoms with Crippen LogP contribution in [-0.4, -0.2) is 17.1 Å². The lowest BCUT2D eigenvalue weighted by Gasteiger charge is -2.09. The maximum Gasteiger partial charge on any atom is 0.327 e. The van der Waals surface area contributed by atoms with Crippen LogP contribution in [0.5, 0.6) is 0 Å². The van der Waals surface area contributed by atoms with Gasteiger partial charge in [-0.3, -0.25) is 0 Å².